The van der Waals surface area contributed by atoms with E-state index in [4.69, 9.17) is 29.9 Å². The number of benzene rings is 16. The Morgan fingerprint density at radius 2 is 0.508 bits per heavy atom. The molecule has 0 aliphatic heterocycles. The molecule has 560 valence electrons. The van der Waals surface area contributed by atoms with Crippen LogP contribution in [0.5, 0.6) is 0 Å². The molecular weight excluding hydrogens is 1460 g/mol. The smallest absolute Gasteiger partial charge is 0.160 e. The van der Waals surface area contributed by atoms with E-state index in [2.05, 4.69) is 413 Å². The van der Waals surface area contributed by atoms with Gasteiger partial charge >= 0.3 is 0 Å². The molecule has 0 aliphatic carbocycles. The van der Waals surface area contributed by atoms with Crippen molar-refractivity contribution in [3.63, 3.8) is 0 Å². The SMILES string of the molecule is c1ccc(-c2cc(-c3ccccc3)nc(-n3c4ccccc4c4ccc5c(c6ccccc6n5-c5ccc(-c6nc(-c7ccccc7)c7ccccc7n6)cc5)c43)c2)cc1.c1ccc(-c2cc(-c3ccccc3)nc(-n3c4ccccc4c4ccc5c(c6ccccc6n5-c5cccc(-c6nc(-c7ccccc7)c7ccccc7n6)c5)c43)c2)cc1. The summed E-state index contributed by atoms with van der Waals surface area (Å²) in [6.07, 6.45) is 0. The van der Waals surface area contributed by atoms with Crippen molar-refractivity contribution in [2.24, 2.45) is 0 Å². The summed E-state index contributed by atoms with van der Waals surface area (Å²) < 4.78 is 9.54. The summed E-state index contributed by atoms with van der Waals surface area (Å²) in [7, 11) is 0. The summed E-state index contributed by atoms with van der Waals surface area (Å²) in [5, 5.41) is 11.5. The molecule has 10 nitrogen and oxygen atoms in total. The largest absolute Gasteiger partial charge is 0.309 e. The van der Waals surface area contributed by atoms with E-state index in [1.165, 1.54) is 43.1 Å². The molecule has 0 saturated heterocycles. The quantitative estimate of drug-likeness (QED) is 0.121. The number of nitrogens with zero attached hydrogens (tertiary/aromatic N) is 10. The minimum atomic E-state index is 0.691. The molecule has 0 saturated carbocycles. The Bertz CT molecular complexity index is 8000. The van der Waals surface area contributed by atoms with E-state index in [-0.39, 0.29) is 0 Å². The number of aromatic nitrogens is 10. The summed E-state index contributed by atoms with van der Waals surface area (Å²) in [6.45, 7) is 0. The van der Waals surface area contributed by atoms with Gasteiger partial charge in [0.1, 0.15) is 11.6 Å². The molecule has 8 heterocycles. The molecule has 0 fully saturated rings. The maximum absolute atomic E-state index is 5.46. The maximum atomic E-state index is 5.46. The maximum Gasteiger partial charge on any atom is 0.160 e. The summed E-state index contributed by atoms with van der Waals surface area (Å²) >= 11 is 0. The van der Waals surface area contributed by atoms with E-state index < -0.39 is 0 Å². The van der Waals surface area contributed by atoms with Gasteiger partial charge in [0.15, 0.2) is 11.6 Å². The highest BCUT2D eigenvalue weighted by Crippen LogP contribution is 2.47. The molecule has 24 aromatic rings. The van der Waals surface area contributed by atoms with Crippen LogP contribution in [0.3, 0.4) is 0 Å². The van der Waals surface area contributed by atoms with Crippen LogP contribution in [0, 0.1) is 0 Å². The first-order chi connectivity index (χ1) is 59.5. The van der Waals surface area contributed by atoms with Crippen molar-refractivity contribution in [2.75, 3.05) is 0 Å². The van der Waals surface area contributed by atoms with Gasteiger partial charge in [0.2, 0.25) is 0 Å². The van der Waals surface area contributed by atoms with Crippen molar-refractivity contribution < 1.29 is 0 Å². The van der Waals surface area contributed by atoms with Crippen molar-refractivity contribution in [1.82, 2.24) is 48.2 Å². The van der Waals surface area contributed by atoms with Crippen LogP contribution in [-0.2, 0) is 0 Å². The Balaban J connectivity index is 0.000000140. The molecule has 0 aliphatic rings. The monoisotopic (exact) mass is 1530 g/mol. The highest BCUT2D eigenvalue weighted by Gasteiger charge is 2.26. The molecule has 0 spiro atoms. The van der Waals surface area contributed by atoms with E-state index in [1.54, 1.807) is 0 Å². The molecule has 8 aromatic heterocycles. The summed E-state index contributed by atoms with van der Waals surface area (Å²) in [4.78, 5) is 31.4. The Morgan fingerprint density at radius 1 is 0.167 bits per heavy atom. The van der Waals surface area contributed by atoms with E-state index in [0.29, 0.717) is 11.6 Å². The van der Waals surface area contributed by atoms with Gasteiger partial charge in [-0.3, -0.25) is 9.13 Å². The van der Waals surface area contributed by atoms with Crippen molar-refractivity contribution in [1.29, 1.82) is 0 Å². The lowest BCUT2D eigenvalue weighted by Crippen LogP contribution is -2.00. The van der Waals surface area contributed by atoms with Gasteiger partial charge in [-0.05, 0) is 131 Å². The third-order valence-electron chi connectivity index (χ3n) is 23.4. The van der Waals surface area contributed by atoms with Crippen LogP contribution in [0.4, 0.5) is 0 Å². The third kappa shape index (κ3) is 11.8. The minimum absolute atomic E-state index is 0.691. The van der Waals surface area contributed by atoms with Gasteiger partial charge in [-0.1, -0.05) is 315 Å². The number of hydrogen-bond donors (Lipinski definition) is 0. The summed E-state index contributed by atoms with van der Waals surface area (Å²) in [6, 6.07) is 150. The molecular formula is C110H70N10. The van der Waals surface area contributed by atoms with Crippen LogP contribution in [0.25, 0.3) is 222 Å². The molecule has 16 aromatic carbocycles. The van der Waals surface area contributed by atoms with Gasteiger partial charge in [0.25, 0.3) is 0 Å². The zero-order valence-electron chi connectivity index (χ0n) is 64.9. The fourth-order valence-corrected chi connectivity index (χ4v) is 18.0. The molecule has 0 radical (unpaired) electrons. The van der Waals surface area contributed by atoms with Crippen LogP contribution < -0.4 is 0 Å². The zero-order chi connectivity index (χ0) is 79.1. The molecule has 10 heteroatoms. The van der Waals surface area contributed by atoms with Crippen molar-refractivity contribution >= 4 is 109 Å². The van der Waals surface area contributed by atoms with Crippen LogP contribution in [-0.4, -0.2) is 48.2 Å². The number of rotatable bonds is 12. The van der Waals surface area contributed by atoms with Crippen molar-refractivity contribution in [3.8, 4) is 113 Å². The van der Waals surface area contributed by atoms with E-state index in [0.717, 1.165) is 167 Å². The van der Waals surface area contributed by atoms with Gasteiger partial charge in [-0.15, -0.1) is 0 Å². The van der Waals surface area contributed by atoms with Crippen molar-refractivity contribution in [2.45, 2.75) is 0 Å². The minimum Gasteiger partial charge on any atom is -0.309 e. The average Bonchev–Trinajstić information content (AvgIpc) is 1.55. The van der Waals surface area contributed by atoms with Gasteiger partial charge < -0.3 is 9.13 Å². The Kier molecular flexibility index (Phi) is 16.7. The molecule has 0 N–H and O–H groups in total. The van der Waals surface area contributed by atoms with Crippen LogP contribution in [0.1, 0.15) is 0 Å². The zero-order valence-corrected chi connectivity index (χ0v) is 64.9. The van der Waals surface area contributed by atoms with Gasteiger partial charge in [0, 0.05) is 98.6 Å². The first-order valence-electron chi connectivity index (χ1n) is 40.6. The molecule has 0 unspecified atom stereocenters. The number of fused-ring (bicyclic) bond motifs is 16. The second-order valence-electron chi connectivity index (χ2n) is 30.4. The normalized spacial score (nSPS) is 11.7. The number of pyridine rings is 2. The first kappa shape index (κ1) is 69.2. The Labute approximate surface area is 690 Å². The predicted molar refractivity (Wildman–Crippen MR) is 496 cm³/mol. The average molecular weight is 1530 g/mol. The second-order valence-corrected chi connectivity index (χ2v) is 30.4. The predicted octanol–water partition coefficient (Wildman–Crippen LogP) is 27.8. The van der Waals surface area contributed by atoms with Crippen LogP contribution >= 0.6 is 0 Å². The van der Waals surface area contributed by atoms with Crippen molar-refractivity contribution in [3.05, 3.63) is 425 Å². The molecule has 0 amide bonds. The Morgan fingerprint density at radius 3 is 0.942 bits per heavy atom. The fraction of sp³-hybridized carbons (Fsp3) is 0. The summed E-state index contributed by atoms with van der Waals surface area (Å²) in [5.41, 5.74) is 27.3. The van der Waals surface area contributed by atoms with Crippen LogP contribution in [0.2, 0.25) is 0 Å². The standard InChI is InChI=1S/2C55H35N5/c1-4-17-36(18-5-1)40-34-47(37-19-6-2-7-20-37)56-51(35-40)60-48-29-14-11-25-42(48)43-31-32-50-52(54(43)60)45-27-12-15-30-49(45)59(50)41-24-16-23-39(33-41)55-57-46-28-13-10-26-44(46)53(58-55)38-21-8-3-9-22-38;1-4-16-36(17-5-1)40-34-47(37-18-6-2-7-19-37)56-51(35-40)60-48-26-14-11-22-42(48)43-32-33-50-52(54(43)60)45-24-12-15-27-49(45)59(50)41-30-28-39(29-31-41)55-57-46-25-13-10-23-44(46)53(58-55)38-20-8-3-9-21-38/h2*1-35H. The van der Waals surface area contributed by atoms with E-state index >= 15 is 0 Å². The summed E-state index contributed by atoms with van der Waals surface area (Å²) in [5.74, 6) is 3.14. The molecule has 120 heavy (non-hydrogen) atoms. The first-order valence-corrected chi connectivity index (χ1v) is 40.6. The van der Waals surface area contributed by atoms with E-state index in [1.807, 2.05) is 30.3 Å². The molecule has 24 rings (SSSR count). The Hall–Kier alpha value is -16.3. The highest BCUT2D eigenvalue weighted by molar-refractivity contribution is 6.28. The fourth-order valence-electron chi connectivity index (χ4n) is 18.0. The lowest BCUT2D eigenvalue weighted by molar-refractivity contribution is 1.09. The topological polar surface area (TPSA) is 97.1 Å². The number of para-hydroxylation sites is 6. The highest BCUT2D eigenvalue weighted by atomic mass is 15.1. The van der Waals surface area contributed by atoms with Gasteiger partial charge in [-0.25, -0.2) is 29.9 Å². The second kappa shape index (κ2) is 28.9. The van der Waals surface area contributed by atoms with E-state index in [9.17, 15) is 0 Å². The lowest BCUT2D eigenvalue weighted by Gasteiger charge is -2.14. The van der Waals surface area contributed by atoms with Gasteiger partial charge in [-0.2, -0.15) is 0 Å². The number of hydrogen-bond acceptors (Lipinski definition) is 6. The van der Waals surface area contributed by atoms with Crippen LogP contribution in [0.15, 0.2) is 425 Å². The molecule has 0 bridgehead atoms. The van der Waals surface area contributed by atoms with Gasteiger partial charge in [0.05, 0.1) is 77.9 Å². The lowest BCUT2D eigenvalue weighted by atomic mass is 10.0. The third-order valence-corrected chi connectivity index (χ3v) is 23.4. The molecule has 0 atom stereocenters.